The molecular weight excluding hydrogens is 279 g/mol. The Morgan fingerprint density at radius 1 is 1.64 bits per heavy atom. The zero-order chi connectivity index (χ0) is 8.27. The Morgan fingerprint density at radius 3 is 2.82 bits per heavy atom. The summed E-state index contributed by atoms with van der Waals surface area (Å²) in [7, 11) is 0. The lowest BCUT2D eigenvalue weighted by Gasteiger charge is -1.98. The van der Waals surface area contributed by atoms with Crippen molar-refractivity contribution in [2.24, 2.45) is 0 Å². The van der Waals surface area contributed by atoms with Crippen LogP contribution in [0.1, 0.15) is 5.56 Å². The molecule has 0 aliphatic rings. The number of nitrogens with zero attached hydrogens (tertiary/aromatic N) is 2. The number of hydrogen-bond acceptors (Lipinski definition) is 1. The molecule has 1 heterocycles. The SMILES string of the molecule is FCCn1ncc(CBr)c1Br. The molecule has 1 rings (SSSR count). The monoisotopic (exact) mass is 284 g/mol. The minimum atomic E-state index is -0.387. The number of hydrogen-bond donors (Lipinski definition) is 0. The molecule has 0 radical (unpaired) electrons. The van der Waals surface area contributed by atoms with E-state index >= 15 is 0 Å². The molecule has 0 saturated heterocycles. The molecule has 0 atom stereocenters. The molecule has 5 heteroatoms. The predicted octanol–water partition coefficient (Wildman–Crippen LogP) is 2.51. The van der Waals surface area contributed by atoms with Gasteiger partial charge in [0.1, 0.15) is 11.3 Å². The van der Waals surface area contributed by atoms with Crippen LogP contribution in [-0.2, 0) is 11.9 Å². The third-order valence-corrected chi connectivity index (χ3v) is 2.81. The van der Waals surface area contributed by atoms with Crippen LogP contribution in [0, 0.1) is 0 Å². The maximum Gasteiger partial charge on any atom is 0.109 e. The van der Waals surface area contributed by atoms with Crippen molar-refractivity contribution in [2.75, 3.05) is 6.67 Å². The van der Waals surface area contributed by atoms with E-state index in [0.29, 0.717) is 6.54 Å². The van der Waals surface area contributed by atoms with Gasteiger partial charge in [-0.3, -0.25) is 4.68 Å². The first-order valence-corrected chi connectivity index (χ1v) is 5.03. The van der Waals surface area contributed by atoms with Gasteiger partial charge in [-0.15, -0.1) is 0 Å². The molecule has 0 aliphatic heterocycles. The maximum atomic E-state index is 11.9. The van der Waals surface area contributed by atoms with E-state index in [9.17, 15) is 4.39 Å². The Kier molecular flexibility index (Phi) is 3.51. The van der Waals surface area contributed by atoms with E-state index in [0.717, 1.165) is 15.5 Å². The summed E-state index contributed by atoms with van der Waals surface area (Å²) in [5, 5.41) is 4.71. The average molecular weight is 286 g/mol. The highest BCUT2D eigenvalue weighted by Gasteiger charge is 2.05. The normalized spacial score (nSPS) is 10.5. The lowest BCUT2D eigenvalue weighted by atomic mass is 10.4. The van der Waals surface area contributed by atoms with Gasteiger partial charge in [0, 0.05) is 10.9 Å². The predicted molar refractivity (Wildman–Crippen MR) is 48.5 cm³/mol. The Labute approximate surface area is 81.0 Å². The van der Waals surface area contributed by atoms with Crippen LogP contribution in [0.4, 0.5) is 4.39 Å². The van der Waals surface area contributed by atoms with Crippen molar-refractivity contribution < 1.29 is 4.39 Å². The van der Waals surface area contributed by atoms with Crippen molar-refractivity contribution in [3.8, 4) is 0 Å². The van der Waals surface area contributed by atoms with Gasteiger partial charge in [-0.25, -0.2) is 4.39 Å². The molecule has 1 aromatic heterocycles. The van der Waals surface area contributed by atoms with Crippen LogP contribution in [0.15, 0.2) is 10.8 Å². The zero-order valence-electron chi connectivity index (χ0n) is 5.73. The molecule has 0 bridgehead atoms. The Hall–Kier alpha value is 0.1000. The molecule has 0 saturated carbocycles. The fourth-order valence-electron chi connectivity index (χ4n) is 0.735. The van der Waals surface area contributed by atoms with Gasteiger partial charge < -0.3 is 0 Å². The summed E-state index contributed by atoms with van der Waals surface area (Å²) in [6, 6.07) is 0. The molecule has 0 unspecified atom stereocenters. The number of aromatic nitrogens is 2. The van der Waals surface area contributed by atoms with Crippen LogP contribution in [0.25, 0.3) is 0 Å². The number of alkyl halides is 2. The topological polar surface area (TPSA) is 17.8 Å². The summed E-state index contributed by atoms with van der Waals surface area (Å²) in [6.45, 7) is -0.0738. The van der Waals surface area contributed by atoms with Gasteiger partial charge in [-0.05, 0) is 15.9 Å². The molecule has 0 amide bonds. The lowest BCUT2D eigenvalue weighted by Crippen LogP contribution is -2.01. The van der Waals surface area contributed by atoms with E-state index in [4.69, 9.17) is 0 Å². The van der Waals surface area contributed by atoms with E-state index in [1.54, 1.807) is 10.9 Å². The van der Waals surface area contributed by atoms with Gasteiger partial charge in [0.25, 0.3) is 0 Å². The minimum absolute atomic E-state index is 0.313. The van der Waals surface area contributed by atoms with E-state index < -0.39 is 0 Å². The largest absolute Gasteiger partial charge is 0.256 e. The zero-order valence-corrected chi connectivity index (χ0v) is 8.90. The second-order valence-electron chi connectivity index (χ2n) is 2.01. The van der Waals surface area contributed by atoms with E-state index in [1.807, 2.05) is 0 Å². The smallest absolute Gasteiger partial charge is 0.109 e. The van der Waals surface area contributed by atoms with Crippen LogP contribution < -0.4 is 0 Å². The fraction of sp³-hybridized carbons (Fsp3) is 0.500. The molecule has 0 aliphatic carbocycles. The van der Waals surface area contributed by atoms with Crippen LogP contribution in [-0.4, -0.2) is 16.5 Å². The standard InChI is InChI=1S/C6H7Br2FN2/c7-3-5-4-10-11(2-1-9)6(5)8/h4H,1-3H2. The number of rotatable bonds is 3. The first kappa shape index (κ1) is 9.19. The summed E-state index contributed by atoms with van der Waals surface area (Å²) < 4.78 is 14.3. The number of halogens is 3. The average Bonchev–Trinajstić information content (AvgIpc) is 2.34. The number of aryl methyl sites for hydroxylation is 1. The highest BCUT2D eigenvalue weighted by atomic mass is 79.9. The van der Waals surface area contributed by atoms with Crippen LogP contribution in [0.5, 0.6) is 0 Å². The molecule has 2 nitrogen and oxygen atoms in total. The quantitative estimate of drug-likeness (QED) is 0.781. The van der Waals surface area contributed by atoms with Gasteiger partial charge in [0.05, 0.1) is 12.7 Å². The third-order valence-electron chi connectivity index (χ3n) is 1.28. The van der Waals surface area contributed by atoms with Crippen LogP contribution >= 0.6 is 31.9 Å². The summed E-state index contributed by atoms with van der Waals surface area (Å²) >= 11 is 6.61. The van der Waals surface area contributed by atoms with Gasteiger partial charge >= 0.3 is 0 Å². The van der Waals surface area contributed by atoms with Crippen molar-refractivity contribution in [3.05, 3.63) is 16.4 Å². The van der Waals surface area contributed by atoms with Crippen molar-refractivity contribution in [3.63, 3.8) is 0 Å². The minimum Gasteiger partial charge on any atom is -0.256 e. The molecular formula is C6H7Br2FN2. The second kappa shape index (κ2) is 4.21. The van der Waals surface area contributed by atoms with Crippen molar-refractivity contribution >= 4 is 31.9 Å². The summed E-state index contributed by atoms with van der Waals surface area (Å²) in [4.78, 5) is 0. The second-order valence-corrected chi connectivity index (χ2v) is 3.32. The maximum absolute atomic E-state index is 11.9. The van der Waals surface area contributed by atoms with Crippen molar-refractivity contribution in [1.82, 2.24) is 9.78 Å². The molecule has 11 heavy (non-hydrogen) atoms. The van der Waals surface area contributed by atoms with Crippen molar-refractivity contribution in [1.29, 1.82) is 0 Å². The third kappa shape index (κ3) is 2.02. The van der Waals surface area contributed by atoms with E-state index in [-0.39, 0.29) is 6.67 Å². The van der Waals surface area contributed by atoms with E-state index in [1.165, 1.54) is 0 Å². The summed E-state index contributed by atoms with van der Waals surface area (Å²) in [6.07, 6.45) is 1.72. The molecule has 1 aromatic rings. The van der Waals surface area contributed by atoms with E-state index in [2.05, 4.69) is 37.0 Å². The molecule has 0 N–H and O–H groups in total. The fourth-order valence-corrected chi connectivity index (χ4v) is 2.03. The lowest BCUT2D eigenvalue weighted by molar-refractivity contribution is 0.423. The van der Waals surface area contributed by atoms with Gasteiger partial charge in [-0.1, -0.05) is 15.9 Å². The van der Waals surface area contributed by atoms with Crippen molar-refractivity contribution in [2.45, 2.75) is 11.9 Å². The molecule has 0 aromatic carbocycles. The highest BCUT2D eigenvalue weighted by molar-refractivity contribution is 9.10. The highest BCUT2D eigenvalue weighted by Crippen LogP contribution is 2.18. The Balaban J connectivity index is 2.82. The van der Waals surface area contributed by atoms with Crippen LogP contribution in [0.3, 0.4) is 0 Å². The van der Waals surface area contributed by atoms with Gasteiger partial charge in [0.15, 0.2) is 0 Å². The van der Waals surface area contributed by atoms with Gasteiger partial charge in [0.2, 0.25) is 0 Å². The summed E-state index contributed by atoms with van der Waals surface area (Å²) in [5.74, 6) is 0. The van der Waals surface area contributed by atoms with Crippen LogP contribution in [0.2, 0.25) is 0 Å². The van der Waals surface area contributed by atoms with Gasteiger partial charge in [-0.2, -0.15) is 5.10 Å². The first-order chi connectivity index (χ1) is 5.29. The molecule has 0 spiro atoms. The Morgan fingerprint density at radius 2 is 2.36 bits per heavy atom. The molecule has 62 valence electrons. The Bertz CT molecular complexity index is 236. The first-order valence-electron chi connectivity index (χ1n) is 3.11. The molecule has 0 fully saturated rings. The summed E-state index contributed by atoms with van der Waals surface area (Å²) in [5.41, 5.74) is 1.04.